The summed E-state index contributed by atoms with van der Waals surface area (Å²) in [6, 6.07) is 17.0. The maximum absolute atomic E-state index is 14.2. The van der Waals surface area contributed by atoms with E-state index in [2.05, 4.69) is 49.9 Å². The van der Waals surface area contributed by atoms with Crippen LogP contribution in [0.25, 0.3) is 11.6 Å². The summed E-state index contributed by atoms with van der Waals surface area (Å²) in [5.41, 5.74) is 1.26. The normalized spacial score (nSPS) is 18.5. The number of piperidine rings is 1. The quantitative estimate of drug-likeness (QED) is 0.275. The second-order valence-corrected chi connectivity index (χ2v) is 12.1. The molecule has 5 heterocycles. The molecule has 2 atom stereocenters. The molecule has 0 radical (unpaired) electrons. The Hall–Kier alpha value is -3.87. The van der Waals surface area contributed by atoms with E-state index in [1.807, 2.05) is 36.6 Å². The maximum Gasteiger partial charge on any atom is 0.248 e. The predicted octanol–water partition coefficient (Wildman–Crippen LogP) is 3.83. The zero-order valence-electron chi connectivity index (χ0n) is 24.3. The number of furan rings is 1. The molecule has 2 aliphatic heterocycles. The van der Waals surface area contributed by atoms with Crippen LogP contribution in [0, 0.1) is 6.92 Å². The third-order valence-corrected chi connectivity index (χ3v) is 8.97. The number of tetrazole rings is 1. The molecule has 0 aliphatic carbocycles. The van der Waals surface area contributed by atoms with Crippen LogP contribution in [0.5, 0.6) is 0 Å². The van der Waals surface area contributed by atoms with Crippen molar-refractivity contribution in [1.82, 2.24) is 35.3 Å². The van der Waals surface area contributed by atoms with Crippen molar-refractivity contribution in [3.8, 4) is 11.6 Å². The number of hydrogen-bond donors (Lipinski definition) is 1. The van der Waals surface area contributed by atoms with E-state index in [1.54, 1.807) is 11.0 Å². The lowest BCUT2D eigenvalue weighted by atomic mass is 9.99. The van der Waals surface area contributed by atoms with E-state index in [0.717, 1.165) is 56.0 Å². The van der Waals surface area contributed by atoms with E-state index in [9.17, 15) is 9.59 Å². The lowest BCUT2D eigenvalue weighted by Crippen LogP contribution is -2.53. The molecule has 4 aromatic rings. The van der Waals surface area contributed by atoms with Gasteiger partial charge in [0.2, 0.25) is 17.6 Å². The van der Waals surface area contributed by atoms with E-state index >= 15 is 0 Å². The van der Waals surface area contributed by atoms with Crippen LogP contribution in [0.15, 0.2) is 64.4 Å². The first-order valence-electron chi connectivity index (χ1n) is 14.9. The van der Waals surface area contributed by atoms with Crippen molar-refractivity contribution in [2.24, 2.45) is 0 Å². The van der Waals surface area contributed by atoms with Crippen LogP contribution >= 0.6 is 11.3 Å². The molecule has 12 heteroatoms. The van der Waals surface area contributed by atoms with Gasteiger partial charge in [-0.15, -0.1) is 21.5 Å². The van der Waals surface area contributed by atoms with Crippen LogP contribution in [-0.2, 0) is 27.4 Å². The average Bonchev–Trinajstić information content (AvgIpc) is 3.84. The Balaban J connectivity index is 1.23. The Morgan fingerprint density at radius 1 is 1.09 bits per heavy atom. The fourth-order valence-corrected chi connectivity index (χ4v) is 6.70. The first-order valence-corrected chi connectivity index (χ1v) is 15.8. The number of aryl methyl sites for hydroxylation is 1. The van der Waals surface area contributed by atoms with E-state index in [4.69, 9.17) is 9.15 Å². The largest absolute Gasteiger partial charge is 0.458 e. The molecule has 43 heavy (non-hydrogen) atoms. The van der Waals surface area contributed by atoms with Crippen LogP contribution in [0.4, 0.5) is 0 Å². The van der Waals surface area contributed by atoms with Crippen LogP contribution in [-0.4, -0.2) is 80.2 Å². The van der Waals surface area contributed by atoms with Crippen molar-refractivity contribution in [2.75, 3.05) is 26.2 Å². The molecule has 0 bridgehead atoms. The number of amides is 2. The highest BCUT2D eigenvalue weighted by atomic mass is 32.1. The Morgan fingerprint density at radius 3 is 2.63 bits per heavy atom. The maximum atomic E-state index is 14.2. The zero-order chi connectivity index (χ0) is 29.6. The highest BCUT2D eigenvalue weighted by molar-refractivity contribution is 7.10. The summed E-state index contributed by atoms with van der Waals surface area (Å²) >= 11 is 1.48. The molecule has 1 aromatic carbocycles. The first kappa shape index (κ1) is 29.2. The van der Waals surface area contributed by atoms with E-state index < -0.39 is 6.04 Å². The van der Waals surface area contributed by atoms with Gasteiger partial charge in [0, 0.05) is 43.7 Å². The highest BCUT2D eigenvalue weighted by Gasteiger charge is 2.39. The average molecular weight is 604 g/mol. The summed E-state index contributed by atoms with van der Waals surface area (Å²) in [6.07, 6.45) is 3.41. The molecular weight excluding hydrogens is 566 g/mol. The minimum Gasteiger partial charge on any atom is -0.458 e. The summed E-state index contributed by atoms with van der Waals surface area (Å²) in [6.45, 7) is 5.34. The van der Waals surface area contributed by atoms with E-state index in [-0.39, 0.29) is 30.5 Å². The number of benzene rings is 1. The van der Waals surface area contributed by atoms with Gasteiger partial charge in [-0.1, -0.05) is 36.4 Å². The third-order valence-electron chi connectivity index (χ3n) is 8.04. The van der Waals surface area contributed by atoms with Gasteiger partial charge in [-0.3, -0.25) is 14.5 Å². The lowest BCUT2D eigenvalue weighted by Gasteiger charge is -2.41. The molecule has 6 rings (SSSR count). The second kappa shape index (κ2) is 13.6. The van der Waals surface area contributed by atoms with Gasteiger partial charge in [-0.2, -0.15) is 4.80 Å². The van der Waals surface area contributed by atoms with Crippen LogP contribution in [0.2, 0.25) is 0 Å². The Labute approximate surface area is 254 Å². The number of thiophene rings is 1. The smallest absolute Gasteiger partial charge is 0.248 e. The Bertz CT molecular complexity index is 1470. The van der Waals surface area contributed by atoms with Gasteiger partial charge in [-0.05, 0) is 67.0 Å². The molecule has 2 aliphatic rings. The van der Waals surface area contributed by atoms with Gasteiger partial charge in [0.25, 0.3) is 0 Å². The molecular formula is C31H37N7O4S. The molecule has 11 nitrogen and oxygen atoms in total. The van der Waals surface area contributed by atoms with Gasteiger partial charge in [0.1, 0.15) is 18.3 Å². The van der Waals surface area contributed by atoms with Crippen molar-refractivity contribution >= 4 is 23.2 Å². The van der Waals surface area contributed by atoms with Gasteiger partial charge < -0.3 is 19.4 Å². The standard InChI is InChI=1S/C31H37N7O4S/c1-22-11-12-26(42-22)30-33-35-37(34-30)21-28(39)38(24-13-15-36(16-14-24)20-23-7-3-2-4-8-23)29(27-10-6-18-43-27)31(40)32-19-25-9-5-17-41-25/h2-4,6-8,10-12,18,24-25,29H,5,9,13-17,19-21H2,1H3,(H,32,40)/t25-,29+/m1/s1. The lowest BCUT2D eigenvalue weighted by molar-refractivity contribution is -0.145. The van der Waals surface area contributed by atoms with Gasteiger partial charge >= 0.3 is 0 Å². The SMILES string of the molecule is Cc1ccc(-c2nnn(CC(=O)N(C3CCN(Cc4ccccc4)CC3)[C@H](C(=O)NC[C@H]3CCCO3)c3cccs3)n2)o1. The highest BCUT2D eigenvalue weighted by Crippen LogP contribution is 2.32. The number of carbonyl (C=O) groups excluding carboxylic acids is 2. The van der Waals surface area contributed by atoms with Gasteiger partial charge in [0.05, 0.1) is 6.10 Å². The molecule has 226 valence electrons. The first-order chi connectivity index (χ1) is 21.0. The molecule has 0 spiro atoms. The number of rotatable bonds is 11. The number of carbonyl (C=O) groups is 2. The Kier molecular flexibility index (Phi) is 9.25. The summed E-state index contributed by atoms with van der Waals surface area (Å²) in [5, 5.41) is 17.7. The summed E-state index contributed by atoms with van der Waals surface area (Å²) < 4.78 is 11.4. The van der Waals surface area contributed by atoms with Crippen molar-refractivity contribution < 1.29 is 18.7 Å². The fourth-order valence-electron chi connectivity index (χ4n) is 5.88. The topological polar surface area (TPSA) is 119 Å². The molecule has 0 unspecified atom stereocenters. The number of likely N-dealkylation sites (tertiary alicyclic amines) is 1. The van der Waals surface area contributed by atoms with E-state index in [0.29, 0.717) is 24.7 Å². The molecule has 2 saturated heterocycles. The molecule has 3 aromatic heterocycles. The molecule has 2 amide bonds. The second-order valence-electron chi connectivity index (χ2n) is 11.1. The third kappa shape index (κ3) is 7.20. The number of aromatic nitrogens is 4. The fraction of sp³-hybridized carbons (Fsp3) is 0.452. The summed E-state index contributed by atoms with van der Waals surface area (Å²) in [7, 11) is 0. The molecule has 0 saturated carbocycles. The van der Waals surface area contributed by atoms with Crippen molar-refractivity contribution in [1.29, 1.82) is 0 Å². The predicted molar refractivity (Wildman–Crippen MR) is 161 cm³/mol. The van der Waals surface area contributed by atoms with Crippen LogP contribution in [0.3, 0.4) is 0 Å². The monoisotopic (exact) mass is 603 g/mol. The summed E-state index contributed by atoms with van der Waals surface area (Å²) in [4.78, 5) is 34.4. The minimum atomic E-state index is -0.768. The van der Waals surface area contributed by atoms with Crippen LogP contribution in [0.1, 0.15) is 47.9 Å². The Morgan fingerprint density at radius 2 is 1.93 bits per heavy atom. The number of nitrogens with zero attached hydrogens (tertiary/aromatic N) is 6. The number of ether oxygens (including phenoxy) is 1. The van der Waals surface area contributed by atoms with Crippen molar-refractivity contribution in [2.45, 2.75) is 63.9 Å². The molecule has 2 fully saturated rings. The van der Waals surface area contributed by atoms with E-state index in [1.165, 1.54) is 21.7 Å². The number of hydrogen-bond acceptors (Lipinski definition) is 9. The summed E-state index contributed by atoms with van der Waals surface area (Å²) in [5.74, 6) is 1.11. The minimum absolute atomic E-state index is 0.00122. The molecule has 1 N–H and O–H groups in total. The zero-order valence-corrected chi connectivity index (χ0v) is 25.1. The number of nitrogens with one attached hydrogen (secondary N) is 1. The van der Waals surface area contributed by atoms with Crippen molar-refractivity contribution in [3.63, 3.8) is 0 Å². The van der Waals surface area contributed by atoms with Crippen LogP contribution < -0.4 is 5.32 Å². The van der Waals surface area contributed by atoms with Gasteiger partial charge in [-0.25, -0.2) is 0 Å². The van der Waals surface area contributed by atoms with Crippen molar-refractivity contribution in [3.05, 3.63) is 76.2 Å². The van der Waals surface area contributed by atoms with Gasteiger partial charge in [0.15, 0.2) is 5.76 Å².